The van der Waals surface area contributed by atoms with Crippen molar-refractivity contribution < 1.29 is 19.1 Å². The molecule has 0 aliphatic heterocycles. The van der Waals surface area contributed by atoms with Crippen molar-refractivity contribution >= 4 is 27.5 Å². The fourth-order valence-corrected chi connectivity index (χ4v) is 3.89. The Hall–Kier alpha value is -4.33. The Morgan fingerprint density at radius 1 is 1.00 bits per heavy atom. The standard InChI is InChI=1S/C25H22N2O6/c1-4-11-33-25-22(31-2)12-16(13-23(25)32-3)15-26-20-8-6-5-7-18(20)24(28)19-10-9-17(27(29)30)14-21(19)26/h4-10,12-14H,1,11,15H2,2-3H3. The van der Waals surface area contributed by atoms with Crippen molar-refractivity contribution in [2.45, 2.75) is 6.54 Å². The van der Waals surface area contributed by atoms with Gasteiger partial charge in [0.25, 0.3) is 5.69 Å². The average Bonchev–Trinajstić information content (AvgIpc) is 2.84. The van der Waals surface area contributed by atoms with Gasteiger partial charge in [-0.3, -0.25) is 14.9 Å². The topological polar surface area (TPSA) is 92.8 Å². The number of nitro groups is 1. The number of benzene rings is 3. The molecule has 0 N–H and O–H groups in total. The van der Waals surface area contributed by atoms with Gasteiger partial charge < -0.3 is 18.8 Å². The number of aromatic nitrogens is 1. The van der Waals surface area contributed by atoms with Crippen molar-refractivity contribution in [1.29, 1.82) is 0 Å². The zero-order valence-electron chi connectivity index (χ0n) is 18.2. The smallest absolute Gasteiger partial charge is 0.271 e. The molecule has 0 saturated heterocycles. The number of non-ortho nitro benzene ring substituents is 1. The Bertz CT molecular complexity index is 1420. The van der Waals surface area contributed by atoms with Gasteiger partial charge in [0.1, 0.15) is 6.61 Å². The van der Waals surface area contributed by atoms with E-state index in [0.717, 1.165) is 5.56 Å². The first-order chi connectivity index (χ1) is 16.0. The number of nitro benzene ring substituents is 1. The Labute approximate surface area is 189 Å². The minimum Gasteiger partial charge on any atom is -0.493 e. The number of methoxy groups -OCH3 is 2. The second kappa shape index (κ2) is 9.04. The van der Waals surface area contributed by atoms with Crippen molar-refractivity contribution in [2.24, 2.45) is 0 Å². The van der Waals surface area contributed by atoms with Gasteiger partial charge in [-0.15, -0.1) is 0 Å². The van der Waals surface area contributed by atoms with Gasteiger partial charge >= 0.3 is 0 Å². The predicted octanol–water partition coefficient (Wildman–Crippen LogP) is 4.69. The monoisotopic (exact) mass is 446 g/mol. The Kier molecular flexibility index (Phi) is 5.99. The zero-order chi connectivity index (χ0) is 23.5. The molecule has 1 heterocycles. The molecule has 0 fully saturated rings. The molecule has 0 unspecified atom stereocenters. The molecule has 4 rings (SSSR count). The van der Waals surface area contributed by atoms with Crippen molar-refractivity contribution in [1.82, 2.24) is 4.57 Å². The third-order valence-electron chi connectivity index (χ3n) is 5.37. The SMILES string of the molecule is C=CCOc1c(OC)cc(Cn2c3ccccc3c(=O)c3ccc([N+](=O)[O-])cc32)cc1OC. The van der Waals surface area contributed by atoms with Gasteiger partial charge in [0, 0.05) is 29.4 Å². The summed E-state index contributed by atoms with van der Waals surface area (Å²) in [5.74, 6) is 1.41. The first-order valence-electron chi connectivity index (χ1n) is 10.2. The molecule has 168 valence electrons. The number of hydrogen-bond acceptors (Lipinski definition) is 6. The lowest BCUT2D eigenvalue weighted by molar-refractivity contribution is -0.384. The van der Waals surface area contributed by atoms with E-state index in [4.69, 9.17) is 14.2 Å². The summed E-state index contributed by atoms with van der Waals surface area (Å²) in [5, 5.41) is 12.4. The molecule has 3 aromatic carbocycles. The van der Waals surface area contributed by atoms with E-state index in [1.54, 1.807) is 18.2 Å². The third-order valence-corrected chi connectivity index (χ3v) is 5.37. The minimum absolute atomic E-state index is 0.0886. The molecule has 8 heteroatoms. The van der Waals surface area contributed by atoms with Crippen LogP contribution < -0.4 is 19.6 Å². The Morgan fingerprint density at radius 3 is 2.30 bits per heavy atom. The number of pyridine rings is 1. The first-order valence-corrected chi connectivity index (χ1v) is 10.2. The fraction of sp³-hybridized carbons (Fsp3) is 0.160. The Morgan fingerprint density at radius 2 is 1.67 bits per heavy atom. The van der Waals surface area contributed by atoms with E-state index in [1.807, 2.05) is 28.8 Å². The predicted molar refractivity (Wildman–Crippen MR) is 127 cm³/mol. The summed E-state index contributed by atoms with van der Waals surface area (Å²) >= 11 is 0. The van der Waals surface area contributed by atoms with Gasteiger partial charge in [-0.05, 0) is 35.9 Å². The highest BCUT2D eigenvalue weighted by Crippen LogP contribution is 2.39. The molecular formula is C25H22N2O6. The molecule has 1 aromatic heterocycles. The summed E-state index contributed by atoms with van der Waals surface area (Å²) in [6.45, 7) is 4.26. The van der Waals surface area contributed by atoms with Crippen LogP contribution in [0, 0.1) is 10.1 Å². The summed E-state index contributed by atoms with van der Waals surface area (Å²) in [6, 6.07) is 15.1. The van der Waals surface area contributed by atoms with Crippen LogP contribution >= 0.6 is 0 Å². The van der Waals surface area contributed by atoms with Crippen LogP contribution in [0.15, 0.2) is 72.0 Å². The van der Waals surface area contributed by atoms with Crippen LogP contribution in [0.2, 0.25) is 0 Å². The molecule has 33 heavy (non-hydrogen) atoms. The molecule has 8 nitrogen and oxygen atoms in total. The van der Waals surface area contributed by atoms with Crippen LogP contribution in [-0.4, -0.2) is 30.3 Å². The van der Waals surface area contributed by atoms with Crippen LogP contribution in [0.1, 0.15) is 5.56 Å². The number of rotatable bonds is 8. The zero-order valence-corrected chi connectivity index (χ0v) is 18.2. The first kappa shape index (κ1) is 21.9. The largest absolute Gasteiger partial charge is 0.493 e. The van der Waals surface area contributed by atoms with Crippen molar-refractivity contribution in [3.05, 3.63) is 93.2 Å². The molecule has 0 bridgehead atoms. The highest BCUT2D eigenvalue weighted by molar-refractivity contribution is 5.94. The molecular weight excluding hydrogens is 424 g/mol. The van der Waals surface area contributed by atoms with Crippen LogP contribution in [0.4, 0.5) is 5.69 Å². The average molecular weight is 446 g/mol. The number of fused-ring (bicyclic) bond motifs is 2. The molecule has 0 aliphatic rings. The second-order valence-corrected chi connectivity index (χ2v) is 7.32. The maximum atomic E-state index is 13.1. The van der Waals surface area contributed by atoms with Crippen molar-refractivity contribution in [3.8, 4) is 17.2 Å². The lowest BCUT2D eigenvalue weighted by atomic mass is 10.1. The van der Waals surface area contributed by atoms with E-state index in [1.165, 1.54) is 32.4 Å². The molecule has 0 atom stereocenters. The van der Waals surface area contributed by atoms with Crippen molar-refractivity contribution in [2.75, 3.05) is 20.8 Å². The van der Waals surface area contributed by atoms with Crippen LogP contribution in [0.3, 0.4) is 0 Å². The Balaban J connectivity index is 1.96. The summed E-state index contributed by atoms with van der Waals surface area (Å²) < 4.78 is 18.6. The minimum atomic E-state index is -0.471. The van der Waals surface area contributed by atoms with Gasteiger partial charge in [-0.1, -0.05) is 24.8 Å². The van der Waals surface area contributed by atoms with Gasteiger partial charge in [0.2, 0.25) is 5.75 Å². The van der Waals surface area contributed by atoms with E-state index in [9.17, 15) is 14.9 Å². The van der Waals surface area contributed by atoms with Gasteiger partial charge in [-0.2, -0.15) is 0 Å². The molecule has 0 amide bonds. The molecule has 0 aliphatic carbocycles. The molecule has 4 aromatic rings. The van der Waals surface area contributed by atoms with E-state index >= 15 is 0 Å². The third kappa shape index (κ3) is 3.98. The molecule has 0 radical (unpaired) electrons. The van der Waals surface area contributed by atoms with E-state index < -0.39 is 4.92 Å². The van der Waals surface area contributed by atoms with Crippen molar-refractivity contribution in [3.63, 3.8) is 0 Å². The number of hydrogen-bond donors (Lipinski definition) is 0. The highest BCUT2D eigenvalue weighted by Gasteiger charge is 2.18. The van der Waals surface area contributed by atoms with Crippen LogP contribution in [0.5, 0.6) is 17.2 Å². The molecule has 0 spiro atoms. The fourth-order valence-electron chi connectivity index (χ4n) is 3.89. The van der Waals surface area contributed by atoms with E-state index in [-0.39, 0.29) is 17.7 Å². The maximum absolute atomic E-state index is 13.1. The van der Waals surface area contributed by atoms with Crippen LogP contribution in [0.25, 0.3) is 21.8 Å². The number of nitrogens with zero attached hydrogens (tertiary/aromatic N) is 2. The lowest BCUT2D eigenvalue weighted by Gasteiger charge is -2.18. The summed E-state index contributed by atoms with van der Waals surface area (Å²) in [6.07, 6.45) is 1.62. The van der Waals surface area contributed by atoms with Gasteiger partial charge in [0.05, 0.1) is 30.2 Å². The maximum Gasteiger partial charge on any atom is 0.271 e. The quantitative estimate of drug-likeness (QED) is 0.169. The summed E-state index contributed by atoms with van der Waals surface area (Å²) in [7, 11) is 3.07. The highest BCUT2D eigenvalue weighted by atomic mass is 16.6. The van der Waals surface area contributed by atoms with Gasteiger partial charge in [0.15, 0.2) is 16.9 Å². The van der Waals surface area contributed by atoms with E-state index in [2.05, 4.69) is 6.58 Å². The normalized spacial score (nSPS) is 10.8. The summed E-state index contributed by atoms with van der Waals surface area (Å²) in [4.78, 5) is 24.0. The summed E-state index contributed by atoms with van der Waals surface area (Å²) in [5.41, 5.74) is 1.68. The molecule has 0 saturated carbocycles. The second-order valence-electron chi connectivity index (χ2n) is 7.32. The van der Waals surface area contributed by atoms with Crippen LogP contribution in [-0.2, 0) is 6.54 Å². The number of para-hydroxylation sites is 1. The van der Waals surface area contributed by atoms with E-state index in [0.29, 0.717) is 45.6 Å². The van der Waals surface area contributed by atoms with Gasteiger partial charge in [-0.25, -0.2) is 0 Å². The lowest BCUT2D eigenvalue weighted by Crippen LogP contribution is -2.13. The number of ether oxygens (including phenoxy) is 3.